The van der Waals surface area contributed by atoms with Crippen LogP contribution < -0.4 is 10.1 Å². The summed E-state index contributed by atoms with van der Waals surface area (Å²) < 4.78 is 26.3. The number of hydrogen-bond acceptors (Lipinski definition) is 7. The minimum atomic E-state index is -0.640. The Morgan fingerprint density at radius 1 is 1.26 bits per heavy atom. The van der Waals surface area contributed by atoms with Gasteiger partial charge in [-0.15, -0.1) is 0 Å². The lowest BCUT2D eigenvalue weighted by Gasteiger charge is -2.41. The Morgan fingerprint density at radius 2 is 2.00 bits per heavy atom. The van der Waals surface area contributed by atoms with Gasteiger partial charge in [-0.2, -0.15) is 0 Å². The first kappa shape index (κ1) is 26.4. The lowest BCUT2D eigenvalue weighted by molar-refractivity contribution is -0.0757. The highest BCUT2D eigenvalue weighted by molar-refractivity contribution is 5.93. The minimum Gasteiger partial charge on any atom is -0.487 e. The quantitative estimate of drug-likeness (QED) is 0.620. The summed E-state index contributed by atoms with van der Waals surface area (Å²) in [6.45, 7) is 8.41. The van der Waals surface area contributed by atoms with Crippen molar-refractivity contribution < 1.29 is 28.3 Å². The zero-order valence-electron chi connectivity index (χ0n) is 21.0. The fourth-order valence-corrected chi connectivity index (χ4v) is 3.78. The molecule has 1 fully saturated rings. The van der Waals surface area contributed by atoms with E-state index in [-0.39, 0.29) is 23.8 Å². The van der Waals surface area contributed by atoms with Gasteiger partial charge in [0.25, 0.3) is 5.91 Å². The molecule has 3 rings (SSSR count). The van der Waals surface area contributed by atoms with Crippen LogP contribution in [-0.2, 0) is 16.2 Å². The van der Waals surface area contributed by atoms with Crippen LogP contribution in [0, 0.1) is 5.82 Å². The maximum absolute atomic E-state index is 14.7. The second-order valence-corrected chi connectivity index (χ2v) is 9.38. The molecule has 1 aromatic carbocycles. The Bertz CT molecular complexity index is 1060. The second-order valence-electron chi connectivity index (χ2n) is 9.38. The first-order chi connectivity index (χ1) is 16.5. The number of amides is 2. The molecule has 0 spiro atoms. The normalized spacial score (nSPS) is 18.2. The Balaban J connectivity index is 1.81. The largest absolute Gasteiger partial charge is 0.487 e. The topological polar surface area (TPSA) is 93.2 Å². The molecule has 2 amide bonds. The van der Waals surface area contributed by atoms with E-state index in [0.29, 0.717) is 24.5 Å². The summed E-state index contributed by atoms with van der Waals surface area (Å²) in [5, 5.41) is 4.34. The molecule has 1 N–H and O–H groups in total. The van der Waals surface area contributed by atoms with Crippen molar-refractivity contribution >= 4 is 12.0 Å². The van der Waals surface area contributed by atoms with Crippen LogP contribution in [0.2, 0.25) is 0 Å². The van der Waals surface area contributed by atoms with Gasteiger partial charge in [-0.25, -0.2) is 14.2 Å². The summed E-state index contributed by atoms with van der Waals surface area (Å²) in [5.74, 6) is -0.607. The number of pyridine rings is 1. The van der Waals surface area contributed by atoms with Crippen LogP contribution in [-0.4, -0.2) is 65.8 Å². The van der Waals surface area contributed by atoms with Gasteiger partial charge < -0.3 is 14.8 Å². The molecule has 35 heavy (non-hydrogen) atoms. The predicted molar refractivity (Wildman–Crippen MR) is 127 cm³/mol. The van der Waals surface area contributed by atoms with Gasteiger partial charge in [0.15, 0.2) is 0 Å². The average Bonchev–Trinajstić information content (AvgIpc) is 2.81. The zero-order chi connectivity index (χ0) is 25.8. The molecular weight excluding hydrogens is 455 g/mol. The predicted octanol–water partition coefficient (Wildman–Crippen LogP) is 3.70. The number of nitrogens with one attached hydrogen (secondary N) is 1. The van der Waals surface area contributed by atoms with Crippen molar-refractivity contribution in [1.82, 2.24) is 20.3 Å². The molecule has 1 saturated heterocycles. The van der Waals surface area contributed by atoms with Crippen molar-refractivity contribution in [2.45, 2.75) is 52.0 Å². The molecule has 0 radical (unpaired) electrons. The summed E-state index contributed by atoms with van der Waals surface area (Å²) >= 11 is 0. The summed E-state index contributed by atoms with van der Waals surface area (Å²) in [6, 6.07) is 7.05. The van der Waals surface area contributed by atoms with Crippen LogP contribution in [0.15, 0.2) is 36.5 Å². The Hall–Kier alpha value is -3.24. The number of carbonyl (C=O) groups is 2. The first-order valence-electron chi connectivity index (χ1n) is 11.4. The molecular formula is C25H33FN4O5. The molecule has 2 heterocycles. The molecule has 1 aromatic heterocycles. The van der Waals surface area contributed by atoms with Gasteiger partial charge in [0, 0.05) is 43.5 Å². The monoisotopic (exact) mass is 488 g/mol. The Morgan fingerprint density at radius 3 is 2.66 bits per heavy atom. The molecule has 0 saturated carbocycles. The van der Waals surface area contributed by atoms with Crippen molar-refractivity contribution in [2.75, 3.05) is 27.2 Å². The molecule has 9 nitrogen and oxygen atoms in total. The SMILES string of the molecule is CON(C)C(=O)c1ccc(COc2cccnc2C2CNCC(C)N2C(=O)OC(C)(C)C)c(F)c1. The van der Waals surface area contributed by atoms with E-state index in [1.54, 1.807) is 23.2 Å². The van der Waals surface area contributed by atoms with E-state index < -0.39 is 29.5 Å². The van der Waals surface area contributed by atoms with Crippen LogP contribution in [0.4, 0.5) is 9.18 Å². The minimum absolute atomic E-state index is 0.0821. The fraction of sp³-hybridized carbons (Fsp3) is 0.480. The molecule has 1 aliphatic heterocycles. The van der Waals surface area contributed by atoms with Crippen molar-refractivity contribution in [1.29, 1.82) is 0 Å². The van der Waals surface area contributed by atoms with Crippen molar-refractivity contribution in [3.8, 4) is 5.75 Å². The molecule has 0 aliphatic carbocycles. The van der Waals surface area contributed by atoms with Gasteiger partial charge in [0.05, 0.1) is 13.2 Å². The first-order valence-corrected chi connectivity index (χ1v) is 11.4. The highest BCUT2D eigenvalue weighted by atomic mass is 19.1. The van der Waals surface area contributed by atoms with E-state index in [0.717, 1.165) is 11.1 Å². The fourth-order valence-electron chi connectivity index (χ4n) is 3.78. The van der Waals surface area contributed by atoms with Gasteiger partial charge in [0.2, 0.25) is 0 Å². The summed E-state index contributed by atoms with van der Waals surface area (Å²) in [5.41, 5.74) is 0.341. The molecule has 1 aliphatic rings. The Kier molecular flexibility index (Phi) is 8.29. The molecule has 0 bridgehead atoms. The number of halogens is 1. The number of hydrogen-bond donors (Lipinski definition) is 1. The average molecular weight is 489 g/mol. The number of nitrogens with zero attached hydrogens (tertiary/aromatic N) is 3. The smallest absolute Gasteiger partial charge is 0.411 e. The third-order valence-electron chi connectivity index (χ3n) is 5.55. The number of ether oxygens (including phenoxy) is 2. The van der Waals surface area contributed by atoms with Crippen LogP contribution in [0.5, 0.6) is 5.75 Å². The zero-order valence-corrected chi connectivity index (χ0v) is 21.0. The van der Waals surface area contributed by atoms with E-state index in [1.165, 1.54) is 26.3 Å². The van der Waals surface area contributed by atoms with Gasteiger partial charge in [-0.3, -0.25) is 19.5 Å². The van der Waals surface area contributed by atoms with Crippen LogP contribution in [0.3, 0.4) is 0 Å². The van der Waals surface area contributed by atoms with E-state index in [2.05, 4.69) is 10.3 Å². The maximum atomic E-state index is 14.7. The molecule has 10 heteroatoms. The van der Waals surface area contributed by atoms with Gasteiger partial charge >= 0.3 is 6.09 Å². The van der Waals surface area contributed by atoms with Gasteiger partial charge in [0.1, 0.15) is 29.5 Å². The number of benzene rings is 1. The Labute approximate surface area is 205 Å². The second kappa shape index (κ2) is 11.0. The van der Waals surface area contributed by atoms with E-state index >= 15 is 0 Å². The molecule has 190 valence electrons. The summed E-state index contributed by atoms with van der Waals surface area (Å²) in [4.78, 5) is 36.2. The number of rotatable bonds is 6. The third-order valence-corrected chi connectivity index (χ3v) is 5.55. The van der Waals surface area contributed by atoms with Crippen LogP contribution >= 0.6 is 0 Å². The highest BCUT2D eigenvalue weighted by Crippen LogP contribution is 2.32. The number of carbonyl (C=O) groups excluding carboxylic acids is 2. The van der Waals surface area contributed by atoms with Crippen molar-refractivity contribution in [2.24, 2.45) is 0 Å². The van der Waals surface area contributed by atoms with Crippen LogP contribution in [0.25, 0.3) is 0 Å². The third kappa shape index (κ3) is 6.46. The number of aromatic nitrogens is 1. The summed E-state index contributed by atoms with van der Waals surface area (Å²) in [6.07, 6.45) is 1.20. The van der Waals surface area contributed by atoms with Crippen molar-refractivity contribution in [3.63, 3.8) is 0 Å². The lowest BCUT2D eigenvalue weighted by atomic mass is 10.0. The van der Waals surface area contributed by atoms with Crippen molar-refractivity contribution in [3.05, 3.63) is 59.2 Å². The molecule has 2 atom stereocenters. The lowest BCUT2D eigenvalue weighted by Crippen LogP contribution is -2.55. The van der Waals surface area contributed by atoms with Gasteiger partial charge in [-0.1, -0.05) is 6.07 Å². The number of piperazine rings is 1. The van der Waals surface area contributed by atoms with Gasteiger partial charge in [-0.05, 0) is 52.0 Å². The standard InChI is InChI=1S/C25H33FN4O5/c1-16-13-27-14-20(30(16)24(32)35-25(2,3)4)22-21(8-7-11-28-22)34-15-18-10-9-17(12-19(18)26)23(31)29(5)33-6/h7-12,16,20,27H,13-15H2,1-6H3. The number of hydroxylamine groups is 2. The van der Waals surface area contributed by atoms with E-state index in [4.69, 9.17) is 14.3 Å². The van der Waals surface area contributed by atoms with Crippen LogP contribution in [0.1, 0.15) is 55.4 Å². The molecule has 2 aromatic rings. The summed E-state index contributed by atoms with van der Waals surface area (Å²) in [7, 11) is 2.80. The highest BCUT2D eigenvalue weighted by Gasteiger charge is 2.37. The molecule has 2 unspecified atom stereocenters. The van der Waals surface area contributed by atoms with E-state index in [1.807, 2.05) is 27.7 Å². The van der Waals surface area contributed by atoms with E-state index in [9.17, 15) is 14.0 Å². The maximum Gasteiger partial charge on any atom is 0.411 e.